The minimum atomic E-state index is -0.658. The lowest BCUT2D eigenvalue weighted by Gasteiger charge is -2.05. The summed E-state index contributed by atoms with van der Waals surface area (Å²) in [6.07, 6.45) is 19.4. The fraction of sp³-hybridized carbons (Fsp3) is 0.833. The lowest BCUT2D eigenvalue weighted by Crippen LogP contribution is -2.08. The second-order valence-electron chi connectivity index (χ2n) is 5.91. The Balaban J connectivity index is 3.16. The van der Waals surface area contributed by atoms with Gasteiger partial charge in [-0.1, -0.05) is 70.9 Å². The van der Waals surface area contributed by atoms with Gasteiger partial charge >= 0.3 is 5.97 Å². The van der Waals surface area contributed by atoms with Gasteiger partial charge in [-0.15, -0.1) is 0 Å². The molecule has 0 aromatic rings. The number of carbonyl (C=O) groups is 1. The van der Waals surface area contributed by atoms with Gasteiger partial charge < -0.3 is 5.11 Å². The Morgan fingerprint density at radius 2 is 1.40 bits per heavy atom. The first-order valence-electron chi connectivity index (χ1n) is 8.56. The summed E-state index contributed by atoms with van der Waals surface area (Å²) in [5.41, 5.74) is 0. The Morgan fingerprint density at radius 1 is 0.900 bits per heavy atom. The average Bonchev–Trinajstić information content (AvgIpc) is 2.43. The highest BCUT2D eigenvalue weighted by molar-refractivity contribution is 5.69. The van der Waals surface area contributed by atoms with Gasteiger partial charge in [-0.2, -0.15) is 0 Å². The monoisotopic (exact) mass is 282 g/mol. The highest BCUT2D eigenvalue weighted by Crippen LogP contribution is 2.12. The zero-order valence-electron chi connectivity index (χ0n) is 13.6. The van der Waals surface area contributed by atoms with Crippen molar-refractivity contribution in [3.05, 3.63) is 12.2 Å². The van der Waals surface area contributed by atoms with Gasteiger partial charge in [-0.3, -0.25) is 4.79 Å². The molecule has 0 saturated carbocycles. The van der Waals surface area contributed by atoms with Crippen molar-refractivity contribution in [1.82, 2.24) is 0 Å². The van der Waals surface area contributed by atoms with E-state index in [9.17, 15) is 4.79 Å². The number of hydrogen-bond donors (Lipinski definition) is 1. The van der Waals surface area contributed by atoms with E-state index in [4.69, 9.17) is 5.11 Å². The fourth-order valence-electron chi connectivity index (χ4n) is 2.29. The summed E-state index contributed by atoms with van der Waals surface area (Å²) in [6, 6.07) is 0. The molecule has 0 spiro atoms. The van der Waals surface area contributed by atoms with E-state index in [1.807, 2.05) is 0 Å². The quantitative estimate of drug-likeness (QED) is 0.315. The Labute approximate surface area is 125 Å². The molecule has 0 heterocycles. The molecule has 0 aliphatic heterocycles. The third-order valence-electron chi connectivity index (χ3n) is 3.82. The average molecular weight is 282 g/mol. The number of carboxylic acid groups (broad SMARTS) is 1. The van der Waals surface area contributed by atoms with Crippen LogP contribution in [0.3, 0.4) is 0 Å². The van der Waals surface area contributed by atoms with Crippen LogP contribution in [0.15, 0.2) is 12.2 Å². The van der Waals surface area contributed by atoms with E-state index in [1.54, 1.807) is 6.92 Å². The first-order valence-corrected chi connectivity index (χ1v) is 8.56. The number of rotatable bonds is 14. The molecule has 0 saturated heterocycles. The molecule has 1 unspecified atom stereocenters. The van der Waals surface area contributed by atoms with E-state index in [-0.39, 0.29) is 5.92 Å². The summed E-state index contributed by atoms with van der Waals surface area (Å²) in [7, 11) is 0. The molecule has 2 nitrogen and oxygen atoms in total. The second kappa shape index (κ2) is 14.6. The van der Waals surface area contributed by atoms with Crippen LogP contribution in [0.1, 0.15) is 90.9 Å². The van der Waals surface area contributed by atoms with Crippen LogP contribution < -0.4 is 0 Å². The van der Waals surface area contributed by atoms with Gasteiger partial charge in [0.1, 0.15) is 0 Å². The highest BCUT2D eigenvalue weighted by Gasteiger charge is 2.09. The normalized spacial score (nSPS) is 12.9. The van der Waals surface area contributed by atoms with E-state index in [2.05, 4.69) is 19.1 Å². The number of carboxylic acids is 1. The Bertz CT molecular complexity index is 246. The maximum absolute atomic E-state index is 10.6. The van der Waals surface area contributed by atoms with E-state index in [0.717, 1.165) is 12.8 Å². The standard InChI is InChI=1S/C18H34O2/c1-3-4-5-6-7-8-9-10-11-12-13-14-15-16-17(2)18(19)20/h8-9,17H,3-7,10-16H2,1-2H3,(H,19,20). The zero-order chi connectivity index (χ0) is 15.1. The molecular formula is C18H34O2. The molecule has 0 aromatic carbocycles. The zero-order valence-corrected chi connectivity index (χ0v) is 13.6. The van der Waals surface area contributed by atoms with Crippen molar-refractivity contribution >= 4 is 5.97 Å². The van der Waals surface area contributed by atoms with Crippen molar-refractivity contribution in [3.8, 4) is 0 Å². The Kier molecular flexibility index (Phi) is 14.0. The SMILES string of the molecule is CCCCCCC=CCCCCCCCC(C)C(=O)O. The van der Waals surface area contributed by atoms with Crippen LogP contribution in [0.25, 0.3) is 0 Å². The van der Waals surface area contributed by atoms with Gasteiger partial charge in [0.15, 0.2) is 0 Å². The van der Waals surface area contributed by atoms with Crippen LogP contribution in [0, 0.1) is 5.92 Å². The molecule has 2 heteroatoms. The Morgan fingerprint density at radius 3 is 1.95 bits per heavy atom. The van der Waals surface area contributed by atoms with E-state index in [1.165, 1.54) is 64.2 Å². The summed E-state index contributed by atoms with van der Waals surface area (Å²) in [5.74, 6) is -0.834. The first-order chi connectivity index (χ1) is 9.68. The van der Waals surface area contributed by atoms with Gasteiger partial charge in [0.25, 0.3) is 0 Å². The van der Waals surface area contributed by atoms with Gasteiger partial charge in [-0.25, -0.2) is 0 Å². The minimum Gasteiger partial charge on any atom is -0.481 e. The predicted molar refractivity (Wildman–Crippen MR) is 87.0 cm³/mol. The Hall–Kier alpha value is -0.790. The molecule has 0 aliphatic rings. The van der Waals surface area contributed by atoms with Crippen LogP contribution >= 0.6 is 0 Å². The minimum absolute atomic E-state index is 0.175. The molecule has 0 rings (SSSR count). The smallest absolute Gasteiger partial charge is 0.306 e. The molecular weight excluding hydrogens is 248 g/mol. The van der Waals surface area contributed by atoms with Gasteiger partial charge in [0.05, 0.1) is 5.92 Å². The topological polar surface area (TPSA) is 37.3 Å². The van der Waals surface area contributed by atoms with E-state index < -0.39 is 5.97 Å². The lowest BCUT2D eigenvalue weighted by molar-refractivity contribution is -0.141. The van der Waals surface area contributed by atoms with Gasteiger partial charge in [0.2, 0.25) is 0 Å². The maximum atomic E-state index is 10.6. The summed E-state index contributed by atoms with van der Waals surface area (Å²) in [6.45, 7) is 4.05. The van der Waals surface area contributed by atoms with Crippen LogP contribution in [0.5, 0.6) is 0 Å². The van der Waals surface area contributed by atoms with Crippen LogP contribution in [-0.4, -0.2) is 11.1 Å². The van der Waals surface area contributed by atoms with Crippen molar-refractivity contribution in [2.45, 2.75) is 90.9 Å². The first kappa shape index (κ1) is 19.2. The van der Waals surface area contributed by atoms with Crippen LogP contribution in [0.4, 0.5) is 0 Å². The molecule has 118 valence electrons. The summed E-state index contributed by atoms with van der Waals surface area (Å²) in [4.78, 5) is 10.6. The summed E-state index contributed by atoms with van der Waals surface area (Å²) >= 11 is 0. The molecule has 0 aromatic heterocycles. The number of unbranched alkanes of at least 4 members (excludes halogenated alkanes) is 9. The van der Waals surface area contributed by atoms with E-state index >= 15 is 0 Å². The van der Waals surface area contributed by atoms with E-state index in [0.29, 0.717) is 0 Å². The molecule has 0 aliphatic carbocycles. The molecule has 20 heavy (non-hydrogen) atoms. The predicted octanol–water partition coefficient (Wildman–Crippen LogP) is 5.96. The molecule has 0 radical (unpaired) electrons. The fourth-order valence-corrected chi connectivity index (χ4v) is 2.29. The molecule has 0 amide bonds. The molecule has 1 atom stereocenters. The molecule has 0 fully saturated rings. The largest absolute Gasteiger partial charge is 0.481 e. The number of allylic oxidation sites excluding steroid dienone is 2. The van der Waals surface area contributed by atoms with Crippen molar-refractivity contribution in [2.24, 2.45) is 5.92 Å². The second-order valence-corrected chi connectivity index (χ2v) is 5.91. The molecule has 1 N–H and O–H groups in total. The molecule has 0 bridgehead atoms. The highest BCUT2D eigenvalue weighted by atomic mass is 16.4. The lowest BCUT2D eigenvalue weighted by atomic mass is 10.0. The van der Waals surface area contributed by atoms with Gasteiger partial charge in [0, 0.05) is 0 Å². The third-order valence-corrected chi connectivity index (χ3v) is 3.82. The third kappa shape index (κ3) is 13.6. The van der Waals surface area contributed by atoms with Crippen molar-refractivity contribution in [1.29, 1.82) is 0 Å². The van der Waals surface area contributed by atoms with Crippen molar-refractivity contribution < 1.29 is 9.90 Å². The van der Waals surface area contributed by atoms with Crippen molar-refractivity contribution in [3.63, 3.8) is 0 Å². The number of aliphatic carboxylic acids is 1. The summed E-state index contributed by atoms with van der Waals surface area (Å²) in [5, 5.41) is 8.77. The maximum Gasteiger partial charge on any atom is 0.306 e. The van der Waals surface area contributed by atoms with Crippen molar-refractivity contribution in [2.75, 3.05) is 0 Å². The van der Waals surface area contributed by atoms with Gasteiger partial charge in [-0.05, 0) is 32.1 Å². The van der Waals surface area contributed by atoms with Crippen LogP contribution in [0.2, 0.25) is 0 Å². The van der Waals surface area contributed by atoms with Crippen LogP contribution in [-0.2, 0) is 4.79 Å². The summed E-state index contributed by atoms with van der Waals surface area (Å²) < 4.78 is 0. The number of hydrogen-bond acceptors (Lipinski definition) is 1.